The molecule has 9 heteroatoms. The second-order valence-electron chi connectivity index (χ2n) is 4.03. The third kappa shape index (κ3) is 4.46. The molecule has 3 N–H and O–H groups in total. The normalized spacial score (nSPS) is 11.9. The Bertz CT molecular complexity index is 565. The summed E-state index contributed by atoms with van der Waals surface area (Å²) in [6, 6.07) is 2.17. The molecular formula is C11H14ClN3O4S. The Labute approximate surface area is 123 Å². The van der Waals surface area contributed by atoms with Gasteiger partial charge in [0, 0.05) is 41.5 Å². The third-order valence-corrected chi connectivity index (χ3v) is 3.64. The lowest BCUT2D eigenvalue weighted by Crippen LogP contribution is -2.26. The minimum absolute atomic E-state index is 0.00571. The van der Waals surface area contributed by atoms with Crippen LogP contribution in [-0.4, -0.2) is 33.6 Å². The predicted octanol–water partition coefficient (Wildman–Crippen LogP) is 1.33. The van der Waals surface area contributed by atoms with Gasteiger partial charge in [0.15, 0.2) is 0 Å². The van der Waals surface area contributed by atoms with Crippen molar-refractivity contribution < 1.29 is 13.9 Å². The molecule has 110 valence electrons. The number of hydrogen-bond donors (Lipinski definition) is 2. The number of nitro benzene ring substituents is 1. The lowest BCUT2D eigenvalue weighted by atomic mass is 10.1. The Hall–Kier alpha value is -1.67. The average molecular weight is 320 g/mol. The molecule has 0 saturated heterocycles. The fraction of sp³-hybridized carbons (Fsp3) is 0.364. The number of non-ortho nitro benzene ring substituents is 1. The van der Waals surface area contributed by atoms with Crippen molar-refractivity contribution >= 4 is 39.7 Å². The first-order chi connectivity index (χ1) is 9.32. The summed E-state index contributed by atoms with van der Waals surface area (Å²) in [5.74, 6) is -0.0826. The number of rotatable bonds is 6. The molecule has 20 heavy (non-hydrogen) atoms. The molecule has 0 radical (unpaired) electrons. The standard InChI is InChI=1S/C11H14ClN3O4S/c1-20(19)4-2-3-14-11(16)8-5-7(15(17)18)6-9(12)10(8)13/h5-6H,2-4,13H2,1H3,(H,14,16). The van der Waals surface area contributed by atoms with Crippen molar-refractivity contribution in [2.45, 2.75) is 6.42 Å². The van der Waals surface area contributed by atoms with Crippen LogP contribution in [0.15, 0.2) is 12.1 Å². The number of anilines is 1. The quantitative estimate of drug-likeness (QED) is 0.355. The smallest absolute Gasteiger partial charge is 0.271 e. The van der Waals surface area contributed by atoms with Crippen molar-refractivity contribution in [1.29, 1.82) is 0 Å². The lowest BCUT2D eigenvalue weighted by Gasteiger charge is -2.08. The van der Waals surface area contributed by atoms with E-state index in [2.05, 4.69) is 5.32 Å². The number of carbonyl (C=O) groups is 1. The van der Waals surface area contributed by atoms with E-state index in [0.29, 0.717) is 18.7 Å². The van der Waals surface area contributed by atoms with E-state index in [4.69, 9.17) is 17.3 Å². The number of benzene rings is 1. The number of nitrogen functional groups attached to an aromatic ring is 1. The van der Waals surface area contributed by atoms with Crippen LogP contribution in [0.2, 0.25) is 5.02 Å². The molecule has 7 nitrogen and oxygen atoms in total. The number of hydrogen-bond acceptors (Lipinski definition) is 5. The number of halogens is 1. The van der Waals surface area contributed by atoms with Crippen LogP contribution < -0.4 is 11.1 Å². The van der Waals surface area contributed by atoms with E-state index in [1.54, 1.807) is 6.26 Å². The van der Waals surface area contributed by atoms with Crippen molar-refractivity contribution in [3.63, 3.8) is 0 Å². The van der Waals surface area contributed by atoms with Crippen molar-refractivity contribution in [2.75, 3.05) is 24.3 Å². The summed E-state index contributed by atoms with van der Waals surface area (Å²) in [7, 11) is -0.929. The topological polar surface area (TPSA) is 115 Å². The van der Waals surface area contributed by atoms with Crippen LogP contribution in [0.1, 0.15) is 16.8 Å². The Kier molecular flexibility index (Phi) is 5.90. The summed E-state index contributed by atoms with van der Waals surface area (Å²) >= 11 is 5.76. The SMILES string of the molecule is CS(=O)CCCNC(=O)c1cc([N+](=O)[O-])cc(Cl)c1N. The fourth-order valence-corrected chi connectivity index (χ4v) is 2.23. The molecule has 0 bridgehead atoms. The monoisotopic (exact) mass is 319 g/mol. The van der Waals surface area contributed by atoms with Gasteiger partial charge in [0.05, 0.1) is 21.2 Å². The Morgan fingerprint density at radius 2 is 2.20 bits per heavy atom. The van der Waals surface area contributed by atoms with Gasteiger partial charge in [-0.2, -0.15) is 0 Å². The zero-order valence-electron chi connectivity index (χ0n) is 10.7. The maximum atomic E-state index is 11.9. The van der Waals surface area contributed by atoms with E-state index >= 15 is 0 Å². The van der Waals surface area contributed by atoms with Crippen LogP contribution in [-0.2, 0) is 10.8 Å². The van der Waals surface area contributed by atoms with Gasteiger partial charge in [0.25, 0.3) is 11.6 Å². The molecule has 0 aliphatic rings. The van der Waals surface area contributed by atoms with Crippen LogP contribution >= 0.6 is 11.6 Å². The highest BCUT2D eigenvalue weighted by Crippen LogP contribution is 2.28. The second kappa shape index (κ2) is 7.20. The molecule has 1 aromatic carbocycles. The van der Waals surface area contributed by atoms with E-state index < -0.39 is 21.6 Å². The van der Waals surface area contributed by atoms with E-state index in [1.165, 1.54) is 0 Å². The largest absolute Gasteiger partial charge is 0.397 e. The van der Waals surface area contributed by atoms with Gasteiger partial charge in [0.2, 0.25) is 0 Å². The highest BCUT2D eigenvalue weighted by Gasteiger charge is 2.18. The molecule has 0 saturated carbocycles. The molecule has 0 heterocycles. The molecule has 1 aromatic rings. The molecule has 0 aliphatic heterocycles. The molecule has 0 spiro atoms. The number of nitrogens with one attached hydrogen (secondary N) is 1. The number of nitrogens with two attached hydrogens (primary N) is 1. The molecule has 1 atom stereocenters. The Morgan fingerprint density at radius 3 is 2.75 bits per heavy atom. The summed E-state index contributed by atoms with van der Waals surface area (Å²) in [4.78, 5) is 22.0. The van der Waals surface area contributed by atoms with Crippen molar-refractivity contribution in [3.05, 3.63) is 32.8 Å². The summed E-state index contributed by atoms with van der Waals surface area (Å²) in [5, 5.41) is 13.2. The number of amides is 1. The third-order valence-electron chi connectivity index (χ3n) is 2.46. The lowest BCUT2D eigenvalue weighted by molar-refractivity contribution is -0.384. The van der Waals surface area contributed by atoms with Gasteiger partial charge < -0.3 is 11.1 Å². The number of nitrogens with zero attached hydrogens (tertiary/aromatic N) is 1. The first kappa shape index (κ1) is 16.4. The molecule has 0 fully saturated rings. The maximum absolute atomic E-state index is 11.9. The molecule has 0 aliphatic carbocycles. The minimum atomic E-state index is -0.929. The van der Waals surface area contributed by atoms with Gasteiger partial charge in [-0.25, -0.2) is 0 Å². The second-order valence-corrected chi connectivity index (χ2v) is 5.99. The van der Waals surface area contributed by atoms with Crippen molar-refractivity contribution in [1.82, 2.24) is 5.32 Å². The van der Waals surface area contributed by atoms with Gasteiger partial charge in [-0.1, -0.05) is 11.6 Å². The van der Waals surface area contributed by atoms with Crippen LogP contribution in [0.4, 0.5) is 11.4 Å². The first-order valence-corrected chi connectivity index (χ1v) is 7.75. The predicted molar refractivity (Wildman–Crippen MR) is 78.4 cm³/mol. The summed E-state index contributed by atoms with van der Waals surface area (Å²) in [6.07, 6.45) is 2.11. The van der Waals surface area contributed by atoms with Gasteiger partial charge in [-0.3, -0.25) is 19.1 Å². The van der Waals surface area contributed by atoms with E-state index in [-0.39, 0.29) is 22.0 Å². The number of nitro groups is 1. The number of carbonyl (C=O) groups excluding carboxylic acids is 1. The summed E-state index contributed by atoms with van der Waals surface area (Å²) < 4.78 is 10.9. The summed E-state index contributed by atoms with van der Waals surface area (Å²) in [6.45, 7) is 0.304. The van der Waals surface area contributed by atoms with Crippen LogP contribution in [0.3, 0.4) is 0 Å². The zero-order valence-corrected chi connectivity index (χ0v) is 12.3. The van der Waals surface area contributed by atoms with Gasteiger partial charge in [-0.15, -0.1) is 0 Å². The Morgan fingerprint density at radius 1 is 1.55 bits per heavy atom. The maximum Gasteiger partial charge on any atom is 0.271 e. The molecule has 0 aromatic heterocycles. The van der Waals surface area contributed by atoms with E-state index in [9.17, 15) is 19.1 Å². The van der Waals surface area contributed by atoms with Crippen LogP contribution in [0, 0.1) is 10.1 Å². The van der Waals surface area contributed by atoms with Gasteiger partial charge >= 0.3 is 0 Å². The molecular weight excluding hydrogens is 306 g/mol. The molecule has 1 amide bonds. The highest BCUT2D eigenvalue weighted by atomic mass is 35.5. The van der Waals surface area contributed by atoms with Crippen LogP contribution in [0.5, 0.6) is 0 Å². The Balaban J connectivity index is 2.81. The van der Waals surface area contributed by atoms with Crippen molar-refractivity contribution in [3.8, 4) is 0 Å². The first-order valence-electron chi connectivity index (χ1n) is 5.64. The van der Waals surface area contributed by atoms with Gasteiger partial charge in [-0.05, 0) is 6.42 Å². The zero-order chi connectivity index (χ0) is 15.3. The van der Waals surface area contributed by atoms with Crippen LogP contribution in [0.25, 0.3) is 0 Å². The highest BCUT2D eigenvalue weighted by molar-refractivity contribution is 7.84. The summed E-state index contributed by atoms with van der Waals surface area (Å²) in [5.41, 5.74) is 5.29. The van der Waals surface area contributed by atoms with E-state index in [0.717, 1.165) is 12.1 Å². The van der Waals surface area contributed by atoms with Crippen molar-refractivity contribution in [2.24, 2.45) is 0 Å². The van der Waals surface area contributed by atoms with Gasteiger partial charge in [0.1, 0.15) is 0 Å². The van der Waals surface area contributed by atoms with E-state index in [1.807, 2.05) is 0 Å². The fourth-order valence-electron chi connectivity index (χ4n) is 1.47. The average Bonchev–Trinajstić information content (AvgIpc) is 2.36. The minimum Gasteiger partial charge on any atom is -0.397 e. The molecule has 1 unspecified atom stereocenters. The molecule has 1 rings (SSSR count).